The van der Waals surface area contributed by atoms with Crippen LogP contribution in [-0.4, -0.2) is 13.4 Å². The van der Waals surface area contributed by atoms with Crippen LogP contribution in [0.2, 0.25) is 0 Å². The number of hydrogen-bond acceptors (Lipinski definition) is 5. The van der Waals surface area contributed by atoms with Crippen molar-refractivity contribution in [2.75, 3.05) is 10.0 Å². The van der Waals surface area contributed by atoms with Crippen molar-refractivity contribution in [2.24, 2.45) is 0 Å². The van der Waals surface area contributed by atoms with Gasteiger partial charge in [-0.25, -0.2) is 22.2 Å². The first-order chi connectivity index (χ1) is 11.8. The maximum Gasteiger partial charge on any atom is 0.272 e. The Balaban J connectivity index is 1.72. The van der Waals surface area contributed by atoms with E-state index in [2.05, 4.69) is 15.0 Å². The van der Waals surface area contributed by atoms with Crippen molar-refractivity contribution in [2.45, 2.75) is 11.1 Å². The largest absolute Gasteiger partial charge is 0.354 e. The molecule has 0 bridgehead atoms. The minimum absolute atomic E-state index is 0.155. The molecule has 0 aliphatic rings. The Morgan fingerprint density at radius 3 is 2.36 bits per heavy atom. The van der Waals surface area contributed by atoms with Gasteiger partial charge in [0, 0.05) is 16.6 Å². The number of aromatic nitrogens is 1. The van der Waals surface area contributed by atoms with Gasteiger partial charge in [-0.15, -0.1) is 11.3 Å². The molecular formula is C16H13F2N3O2S2. The van der Waals surface area contributed by atoms with E-state index in [1.54, 1.807) is 12.1 Å². The maximum absolute atomic E-state index is 13.2. The second-order valence-electron chi connectivity index (χ2n) is 5.16. The van der Waals surface area contributed by atoms with Gasteiger partial charge in [-0.2, -0.15) is 0 Å². The topological polar surface area (TPSA) is 71.1 Å². The molecule has 0 saturated carbocycles. The Bertz CT molecular complexity index is 1000. The van der Waals surface area contributed by atoms with Gasteiger partial charge < -0.3 is 5.32 Å². The van der Waals surface area contributed by atoms with Gasteiger partial charge in [0.25, 0.3) is 10.0 Å². The highest BCUT2D eigenvalue weighted by molar-refractivity contribution is 7.94. The molecule has 0 fully saturated rings. The Labute approximate surface area is 147 Å². The number of rotatable bonds is 5. The molecule has 0 unspecified atom stereocenters. The van der Waals surface area contributed by atoms with E-state index in [0.29, 0.717) is 11.4 Å². The first kappa shape index (κ1) is 17.3. The smallest absolute Gasteiger partial charge is 0.272 e. The lowest BCUT2D eigenvalue weighted by atomic mass is 10.3. The molecule has 1 aromatic carbocycles. The number of hydrogen-bond donors (Lipinski definition) is 2. The summed E-state index contributed by atoms with van der Waals surface area (Å²) in [5.41, 5.74) is 0.851. The van der Waals surface area contributed by atoms with Crippen LogP contribution in [0.5, 0.6) is 0 Å². The normalized spacial score (nSPS) is 11.3. The second-order valence-corrected chi connectivity index (χ2v) is 8.35. The molecule has 0 atom stereocenters. The minimum atomic E-state index is -3.68. The Hall–Kier alpha value is -2.52. The summed E-state index contributed by atoms with van der Waals surface area (Å²) < 4.78 is 53.1. The van der Waals surface area contributed by atoms with Crippen molar-refractivity contribution in [1.82, 2.24) is 4.98 Å². The standard InChI is InChI=1S/C16H13F2N3O2S2/c1-10-2-7-16(24-10)25(22,23)21-15-6-4-12(9-19-15)20-11-3-5-13(17)14(18)8-11/h2-9,20H,1H3,(H,19,21). The fraction of sp³-hybridized carbons (Fsp3) is 0.0625. The number of thiophene rings is 1. The third kappa shape index (κ3) is 4.12. The minimum Gasteiger partial charge on any atom is -0.354 e. The molecule has 25 heavy (non-hydrogen) atoms. The summed E-state index contributed by atoms with van der Waals surface area (Å²) >= 11 is 1.16. The van der Waals surface area contributed by atoms with E-state index in [0.717, 1.165) is 28.3 Å². The van der Waals surface area contributed by atoms with Gasteiger partial charge >= 0.3 is 0 Å². The van der Waals surface area contributed by atoms with Crippen LogP contribution in [0.15, 0.2) is 52.9 Å². The third-order valence-corrected chi connectivity index (χ3v) is 6.04. The number of nitrogens with zero attached hydrogens (tertiary/aromatic N) is 1. The second kappa shape index (κ2) is 6.77. The fourth-order valence-electron chi connectivity index (χ4n) is 2.01. The molecule has 0 spiro atoms. The predicted molar refractivity (Wildman–Crippen MR) is 93.7 cm³/mol. The monoisotopic (exact) mass is 381 g/mol. The van der Waals surface area contributed by atoms with Gasteiger partial charge in [-0.1, -0.05) is 0 Å². The van der Waals surface area contributed by atoms with Crippen molar-refractivity contribution in [3.63, 3.8) is 0 Å². The van der Waals surface area contributed by atoms with Gasteiger partial charge in [0.1, 0.15) is 10.0 Å². The Kier molecular flexibility index (Phi) is 4.69. The molecule has 0 aliphatic heterocycles. The molecule has 130 valence electrons. The number of aryl methyl sites for hydroxylation is 1. The molecule has 3 rings (SSSR count). The summed E-state index contributed by atoms with van der Waals surface area (Å²) in [6.07, 6.45) is 1.39. The van der Waals surface area contributed by atoms with E-state index in [1.165, 1.54) is 24.4 Å². The van der Waals surface area contributed by atoms with Crippen molar-refractivity contribution in [3.8, 4) is 0 Å². The van der Waals surface area contributed by atoms with Crippen LogP contribution in [-0.2, 0) is 10.0 Å². The SMILES string of the molecule is Cc1ccc(S(=O)(=O)Nc2ccc(Nc3ccc(F)c(F)c3)cn2)s1. The first-order valence-corrected chi connectivity index (χ1v) is 9.41. The zero-order valence-corrected chi connectivity index (χ0v) is 14.6. The molecule has 0 saturated heterocycles. The predicted octanol–water partition coefficient (Wildman–Crippen LogP) is 4.27. The van der Waals surface area contributed by atoms with Crippen LogP contribution in [0.4, 0.5) is 26.0 Å². The molecule has 0 amide bonds. The average molecular weight is 381 g/mol. The van der Waals surface area contributed by atoms with E-state index in [1.807, 2.05) is 6.92 Å². The molecule has 3 aromatic rings. The van der Waals surface area contributed by atoms with Gasteiger partial charge in [-0.3, -0.25) is 4.72 Å². The first-order valence-electron chi connectivity index (χ1n) is 7.11. The van der Waals surface area contributed by atoms with Crippen LogP contribution < -0.4 is 10.0 Å². The number of nitrogens with one attached hydrogen (secondary N) is 2. The van der Waals surface area contributed by atoms with Crippen LogP contribution in [0.3, 0.4) is 0 Å². The summed E-state index contributed by atoms with van der Waals surface area (Å²) in [7, 11) is -3.68. The van der Waals surface area contributed by atoms with Crippen LogP contribution in [0.1, 0.15) is 4.88 Å². The summed E-state index contributed by atoms with van der Waals surface area (Å²) in [6.45, 7) is 1.82. The fourth-order valence-corrected chi connectivity index (χ4v) is 4.30. The van der Waals surface area contributed by atoms with Crippen LogP contribution in [0.25, 0.3) is 0 Å². The van der Waals surface area contributed by atoms with Crippen LogP contribution in [0, 0.1) is 18.6 Å². The van der Waals surface area contributed by atoms with E-state index < -0.39 is 21.7 Å². The van der Waals surface area contributed by atoms with E-state index in [-0.39, 0.29) is 10.0 Å². The lowest BCUT2D eigenvalue weighted by Gasteiger charge is -2.08. The van der Waals surface area contributed by atoms with Gasteiger partial charge in [0.15, 0.2) is 11.6 Å². The van der Waals surface area contributed by atoms with Crippen molar-refractivity contribution in [1.29, 1.82) is 0 Å². The highest BCUT2D eigenvalue weighted by Crippen LogP contribution is 2.24. The summed E-state index contributed by atoms with van der Waals surface area (Å²) in [4.78, 5) is 4.90. The number of pyridine rings is 1. The Morgan fingerprint density at radius 2 is 1.76 bits per heavy atom. The van der Waals surface area contributed by atoms with E-state index in [9.17, 15) is 17.2 Å². The summed E-state index contributed by atoms with van der Waals surface area (Å²) in [6, 6.07) is 9.71. The van der Waals surface area contributed by atoms with Gasteiger partial charge in [0.2, 0.25) is 0 Å². The highest BCUT2D eigenvalue weighted by atomic mass is 32.2. The number of halogens is 2. The molecule has 9 heteroatoms. The zero-order valence-electron chi connectivity index (χ0n) is 13.0. The highest BCUT2D eigenvalue weighted by Gasteiger charge is 2.16. The Morgan fingerprint density at radius 1 is 1.00 bits per heavy atom. The average Bonchev–Trinajstić information content (AvgIpc) is 3.00. The molecular weight excluding hydrogens is 368 g/mol. The maximum atomic E-state index is 13.2. The quantitative estimate of drug-likeness (QED) is 0.692. The molecule has 0 radical (unpaired) electrons. The van der Waals surface area contributed by atoms with Gasteiger partial charge in [0.05, 0.1) is 11.9 Å². The van der Waals surface area contributed by atoms with Crippen molar-refractivity contribution >= 4 is 38.6 Å². The van der Waals surface area contributed by atoms with Crippen molar-refractivity contribution < 1.29 is 17.2 Å². The molecule has 2 N–H and O–H groups in total. The third-order valence-electron chi connectivity index (χ3n) is 3.19. The van der Waals surface area contributed by atoms with Gasteiger partial charge in [-0.05, 0) is 43.3 Å². The summed E-state index contributed by atoms with van der Waals surface area (Å²) in [5, 5.41) is 2.85. The number of benzene rings is 1. The number of sulfonamides is 1. The molecule has 0 aliphatic carbocycles. The van der Waals surface area contributed by atoms with E-state index in [4.69, 9.17) is 0 Å². The summed E-state index contributed by atoms with van der Waals surface area (Å²) in [5.74, 6) is -1.74. The zero-order chi connectivity index (χ0) is 18.0. The van der Waals surface area contributed by atoms with Crippen LogP contribution >= 0.6 is 11.3 Å². The molecule has 2 aromatic heterocycles. The number of anilines is 3. The lowest BCUT2D eigenvalue weighted by molar-refractivity contribution is 0.509. The van der Waals surface area contributed by atoms with Crippen molar-refractivity contribution in [3.05, 3.63) is 65.2 Å². The molecule has 5 nitrogen and oxygen atoms in total. The molecule has 2 heterocycles. The lowest BCUT2D eigenvalue weighted by Crippen LogP contribution is -2.12. The van der Waals surface area contributed by atoms with E-state index >= 15 is 0 Å².